The minimum atomic E-state index is -0.0945. The van der Waals surface area contributed by atoms with Crippen molar-refractivity contribution in [3.05, 3.63) is 35.1 Å². The molecule has 0 saturated heterocycles. The van der Waals surface area contributed by atoms with Crippen molar-refractivity contribution >= 4 is 0 Å². The molecule has 2 unspecified atom stereocenters. The Morgan fingerprint density at radius 3 is 2.71 bits per heavy atom. The Balaban J connectivity index is 2.20. The molecule has 1 aliphatic rings. The van der Waals surface area contributed by atoms with Gasteiger partial charge in [-0.3, -0.25) is 0 Å². The third kappa shape index (κ3) is 1.80. The van der Waals surface area contributed by atoms with Crippen LogP contribution in [0.5, 0.6) is 0 Å². The minimum absolute atomic E-state index is 0.0945. The molecule has 0 bridgehead atoms. The molecule has 0 spiro atoms. The summed E-state index contributed by atoms with van der Waals surface area (Å²) in [4.78, 5) is 0. The van der Waals surface area contributed by atoms with Crippen LogP contribution in [0.25, 0.3) is 0 Å². The molecule has 1 saturated carbocycles. The molecular formula is C12H16FN. The second-order valence-corrected chi connectivity index (χ2v) is 4.28. The van der Waals surface area contributed by atoms with Crippen LogP contribution in [0.2, 0.25) is 0 Å². The molecule has 1 aromatic carbocycles. The first-order valence-electron chi connectivity index (χ1n) is 5.18. The Morgan fingerprint density at radius 1 is 1.36 bits per heavy atom. The summed E-state index contributed by atoms with van der Waals surface area (Å²) in [5.74, 6) is 0.378. The topological polar surface area (TPSA) is 26.0 Å². The maximum Gasteiger partial charge on any atom is 0.126 e. The van der Waals surface area contributed by atoms with Crippen molar-refractivity contribution in [2.24, 2.45) is 5.73 Å². The van der Waals surface area contributed by atoms with Gasteiger partial charge in [0, 0.05) is 6.04 Å². The highest BCUT2D eigenvalue weighted by molar-refractivity contribution is 5.27. The van der Waals surface area contributed by atoms with Crippen molar-refractivity contribution < 1.29 is 4.39 Å². The summed E-state index contributed by atoms with van der Waals surface area (Å²) in [6.07, 6.45) is 3.17. The summed E-state index contributed by atoms with van der Waals surface area (Å²) in [5, 5.41) is 0. The lowest BCUT2D eigenvalue weighted by Crippen LogP contribution is -2.14. The summed E-state index contributed by atoms with van der Waals surface area (Å²) < 4.78 is 13.3. The quantitative estimate of drug-likeness (QED) is 0.729. The van der Waals surface area contributed by atoms with E-state index in [1.54, 1.807) is 13.0 Å². The number of halogens is 1. The average Bonchev–Trinajstić information content (AvgIpc) is 2.57. The SMILES string of the molecule is Cc1ccc(C2CCC(N)C2)cc1F. The predicted molar refractivity (Wildman–Crippen MR) is 55.7 cm³/mol. The summed E-state index contributed by atoms with van der Waals surface area (Å²) in [5.41, 5.74) is 7.67. The zero-order valence-corrected chi connectivity index (χ0v) is 8.46. The summed E-state index contributed by atoms with van der Waals surface area (Å²) in [6.45, 7) is 1.79. The molecule has 0 aliphatic heterocycles. The molecule has 1 fully saturated rings. The Bertz CT molecular complexity index is 335. The van der Waals surface area contributed by atoms with E-state index in [-0.39, 0.29) is 5.82 Å². The molecule has 14 heavy (non-hydrogen) atoms. The smallest absolute Gasteiger partial charge is 0.126 e. The van der Waals surface area contributed by atoms with E-state index >= 15 is 0 Å². The number of hydrogen-bond donors (Lipinski definition) is 1. The van der Waals surface area contributed by atoms with Gasteiger partial charge in [-0.05, 0) is 49.3 Å². The van der Waals surface area contributed by atoms with E-state index in [4.69, 9.17) is 5.73 Å². The van der Waals surface area contributed by atoms with Gasteiger partial charge in [0.1, 0.15) is 5.82 Å². The van der Waals surface area contributed by atoms with E-state index in [0.717, 1.165) is 30.4 Å². The van der Waals surface area contributed by atoms with Crippen LogP contribution in [0.4, 0.5) is 4.39 Å². The van der Waals surface area contributed by atoms with Crippen LogP contribution in [0.1, 0.15) is 36.3 Å². The summed E-state index contributed by atoms with van der Waals surface area (Å²) in [6, 6.07) is 5.86. The van der Waals surface area contributed by atoms with Crippen molar-refractivity contribution in [3.8, 4) is 0 Å². The van der Waals surface area contributed by atoms with Crippen molar-refractivity contribution in [2.75, 3.05) is 0 Å². The van der Waals surface area contributed by atoms with Crippen molar-refractivity contribution in [1.82, 2.24) is 0 Å². The van der Waals surface area contributed by atoms with E-state index in [1.165, 1.54) is 0 Å². The van der Waals surface area contributed by atoms with Crippen LogP contribution in [0, 0.1) is 12.7 Å². The van der Waals surface area contributed by atoms with Gasteiger partial charge in [-0.25, -0.2) is 4.39 Å². The molecule has 0 aromatic heterocycles. The lowest BCUT2D eigenvalue weighted by atomic mass is 9.96. The monoisotopic (exact) mass is 193 g/mol. The highest BCUT2D eigenvalue weighted by Crippen LogP contribution is 2.33. The Morgan fingerprint density at radius 2 is 2.14 bits per heavy atom. The van der Waals surface area contributed by atoms with Crippen LogP contribution >= 0.6 is 0 Å². The van der Waals surface area contributed by atoms with Crippen molar-refractivity contribution in [3.63, 3.8) is 0 Å². The molecule has 1 aliphatic carbocycles. The lowest BCUT2D eigenvalue weighted by Gasteiger charge is -2.10. The average molecular weight is 193 g/mol. The highest BCUT2D eigenvalue weighted by Gasteiger charge is 2.23. The van der Waals surface area contributed by atoms with Gasteiger partial charge >= 0.3 is 0 Å². The zero-order valence-electron chi connectivity index (χ0n) is 8.46. The first-order chi connectivity index (χ1) is 6.66. The van der Waals surface area contributed by atoms with Gasteiger partial charge in [-0.15, -0.1) is 0 Å². The first-order valence-corrected chi connectivity index (χ1v) is 5.18. The largest absolute Gasteiger partial charge is 0.328 e. The number of nitrogens with two attached hydrogens (primary N) is 1. The van der Waals surface area contributed by atoms with Crippen molar-refractivity contribution in [2.45, 2.75) is 38.1 Å². The second-order valence-electron chi connectivity index (χ2n) is 4.28. The van der Waals surface area contributed by atoms with Crippen LogP contribution in [0.15, 0.2) is 18.2 Å². The summed E-state index contributed by atoms with van der Waals surface area (Å²) in [7, 11) is 0. The van der Waals surface area contributed by atoms with Crippen LogP contribution < -0.4 is 5.73 Å². The number of aryl methyl sites for hydroxylation is 1. The molecule has 2 N–H and O–H groups in total. The first kappa shape index (κ1) is 9.66. The van der Waals surface area contributed by atoms with E-state index < -0.39 is 0 Å². The fourth-order valence-corrected chi connectivity index (χ4v) is 2.18. The molecule has 1 nitrogen and oxygen atoms in total. The third-order valence-corrected chi connectivity index (χ3v) is 3.14. The molecule has 2 atom stereocenters. The van der Waals surface area contributed by atoms with Gasteiger partial charge in [0.05, 0.1) is 0 Å². The summed E-state index contributed by atoms with van der Waals surface area (Å²) >= 11 is 0. The maximum atomic E-state index is 13.3. The molecular weight excluding hydrogens is 177 g/mol. The van der Waals surface area contributed by atoms with Crippen LogP contribution in [-0.2, 0) is 0 Å². The lowest BCUT2D eigenvalue weighted by molar-refractivity contribution is 0.608. The van der Waals surface area contributed by atoms with Gasteiger partial charge < -0.3 is 5.73 Å². The Labute approximate surface area is 84.1 Å². The molecule has 2 heteroatoms. The van der Waals surface area contributed by atoms with E-state index in [2.05, 4.69) is 0 Å². The zero-order chi connectivity index (χ0) is 10.1. The number of hydrogen-bond acceptors (Lipinski definition) is 1. The van der Waals surface area contributed by atoms with E-state index in [9.17, 15) is 4.39 Å². The predicted octanol–water partition coefficient (Wildman–Crippen LogP) is 2.73. The van der Waals surface area contributed by atoms with Gasteiger partial charge in [0.2, 0.25) is 0 Å². The Kier molecular flexibility index (Phi) is 2.55. The van der Waals surface area contributed by atoms with Crippen LogP contribution in [-0.4, -0.2) is 6.04 Å². The third-order valence-electron chi connectivity index (χ3n) is 3.14. The Hall–Kier alpha value is -0.890. The second kappa shape index (κ2) is 3.70. The van der Waals surface area contributed by atoms with Gasteiger partial charge in [-0.1, -0.05) is 12.1 Å². The molecule has 0 heterocycles. The fraction of sp³-hybridized carbons (Fsp3) is 0.500. The van der Waals surface area contributed by atoms with Gasteiger partial charge in [0.25, 0.3) is 0 Å². The van der Waals surface area contributed by atoms with Crippen LogP contribution in [0.3, 0.4) is 0 Å². The molecule has 0 radical (unpaired) electrons. The fourth-order valence-electron chi connectivity index (χ4n) is 2.18. The van der Waals surface area contributed by atoms with E-state index in [1.807, 2.05) is 12.1 Å². The standard InChI is InChI=1S/C12H16FN/c1-8-2-3-10(7-12(8)13)9-4-5-11(14)6-9/h2-3,7,9,11H,4-6,14H2,1H3. The van der Waals surface area contributed by atoms with E-state index in [0.29, 0.717) is 12.0 Å². The highest BCUT2D eigenvalue weighted by atomic mass is 19.1. The minimum Gasteiger partial charge on any atom is -0.328 e. The maximum absolute atomic E-state index is 13.3. The van der Waals surface area contributed by atoms with Gasteiger partial charge in [-0.2, -0.15) is 0 Å². The number of rotatable bonds is 1. The molecule has 0 amide bonds. The van der Waals surface area contributed by atoms with Crippen molar-refractivity contribution in [1.29, 1.82) is 0 Å². The number of benzene rings is 1. The molecule has 1 aromatic rings. The molecule has 2 rings (SSSR count). The normalized spacial score (nSPS) is 26.8. The van der Waals surface area contributed by atoms with Gasteiger partial charge in [0.15, 0.2) is 0 Å². The molecule has 76 valence electrons.